The van der Waals surface area contributed by atoms with E-state index < -0.39 is 0 Å². The van der Waals surface area contributed by atoms with Crippen LogP contribution in [-0.4, -0.2) is 17.4 Å². The molecule has 1 unspecified atom stereocenters. The molecule has 0 saturated heterocycles. The maximum Gasteiger partial charge on any atom is 0.251 e. The fourth-order valence-electron chi connectivity index (χ4n) is 3.44. The fraction of sp³-hybridized carbons (Fsp3) is 0.429. The number of Topliss-reactive ketones (excluding diaryl/α,β-unsaturated/α-hetero) is 1. The van der Waals surface area contributed by atoms with Crippen LogP contribution in [0.1, 0.15) is 52.5 Å². The maximum atomic E-state index is 12.7. The third kappa shape index (κ3) is 4.09. The highest BCUT2D eigenvalue weighted by Gasteiger charge is 2.19. The number of hydrogen-bond donors (Lipinski definition) is 1. The first kappa shape index (κ1) is 18.9. The van der Waals surface area contributed by atoms with Crippen LogP contribution in [0.4, 0.5) is 0 Å². The van der Waals surface area contributed by atoms with Gasteiger partial charge < -0.3 is 9.72 Å². The molecule has 2 aromatic rings. The first-order chi connectivity index (χ1) is 12.3. The van der Waals surface area contributed by atoms with Gasteiger partial charge in [-0.05, 0) is 84.3 Å². The molecular formula is C21H24BrNO3. The SMILES string of the molecule is Cc1cc(C)c(CCC(=O)c2cc(Br)c3c(c2)CCC(C)CO3)c(=O)[nH]1. The van der Waals surface area contributed by atoms with Gasteiger partial charge in [0.15, 0.2) is 5.78 Å². The minimum Gasteiger partial charge on any atom is -0.492 e. The fourth-order valence-corrected chi connectivity index (χ4v) is 4.06. The summed E-state index contributed by atoms with van der Waals surface area (Å²) in [6.45, 7) is 6.65. The zero-order chi connectivity index (χ0) is 18.8. The molecule has 1 aliphatic rings. The standard InChI is InChI=1S/C21H24BrNO3/c1-12-4-5-15-9-16(10-18(22)20(15)26-11-12)19(24)7-6-17-13(2)8-14(3)23-21(17)25/h8-10,12H,4-7,11H2,1-3H3,(H,23,25). The van der Waals surface area contributed by atoms with E-state index in [2.05, 4.69) is 27.8 Å². The smallest absolute Gasteiger partial charge is 0.251 e. The first-order valence-corrected chi connectivity index (χ1v) is 9.82. The molecule has 0 spiro atoms. The number of rotatable bonds is 4. The van der Waals surface area contributed by atoms with Gasteiger partial charge in [-0.25, -0.2) is 0 Å². The molecule has 3 rings (SSSR count). The number of hydrogen-bond acceptors (Lipinski definition) is 3. The lowest BCUT2D eigenvalue weighted by molar-refractivity contribution is 0.0982. The second kappa shape index (κ2) is 7.78. The lowest BCUT2D eigenvalue weighted by Gasteiger charge is -2.12. The number of aryl methyl sites for hydroxylation is 3. The summed E-state index contributed by atoms with van der Waals surface area (Å²) in [5.41, 5.74) is 4.12. The van der Waals surface area contributed by atoms with Crippen LogP contribution in [0.3, 0.4) is 0 Å². The Kier molecular flexibility index (Phi) is 5.66. The second-order valence-electron chi connectivity index (χ2n) is 7.27. The molecule has 5 heteroatoms. The maximum absolute atomic E-state index is 12.7. The number of halogens is 1. The average molecular weight is 418 g/mol. The zero-order valence-electron chi connectivity index (χ0n) is 15.4. The van der Waals surface area contributed by atoms with E-state index in [0.29, 0.717) is 36.5 Å². The van der Waals surface area contributed by atoms with Crippen molar-refractivity contribution in [2.45, 2.75) is 46.5 Å². The van der Waals surface area contributed by atoms with Gasteiger partial charge in [-0.15, -0.1) is 0 Å². The number of ketones is 1. The van der Waals surface area contributed by atoms with E-state index >= 15 is 0 Å². The number of benzene rings is 1. The summed E-state index contributed by atoms with van der Waals surface area (Å²) in [6, 6.07) is 5.73. The molecule has 0 radical (unpaired) electrons. The first-order valence-electron chi connectivity index (χ1n) is 9.03. The molecule has 1 aromatic carbocycles. The number of H-pyrrole nitrogens is 1. The Bertz CT molecular complexity index is 901. The van der Waals surface area contributed by atoms with Crippen LogP contribution in [0.15, 0.2) is 27.5 Å². The highest BCUT2D eigenvalue weighted by Crippen LogP contribution is 2.35. The molecule has 0 aliphatic carbocycles. The molecule has 138 valence electrons. The Labute approximate surface area is 162 Å². The summed E-state index contributed by atoms with van der Waals surface area (Å²) in [6.07, 6.45) is 2.72. The lowest BCUT2D eigenvalue weighted by atomic mass is 9.97. The van der Waals surface area contributed by atoms with E-state index in [-0.39, 0.29) is 11.3 Å². The summed E-state index contributed by atoms with van der Waals surface area (Å²) in [4.78, 5) is 27.7. The molecule has 1 N–H and O–H groups in total. The number of fused-ring (bicyclic) bond motifs is 1. The van der Waals surface area contributed by atoms with Gasteiger partial charge >= 0.3 is 0 Å². The van der Waals surface area contributed by atoms with Crippen LogP contribution < -0.4 is 10.3 Å². The van der Waals surface area contributed by atoms with Crippen molar-refractivity contribution < 1.29 is 9.53 Å². The van der Waals surface area contributed by atoms with Crippen molar-refractivity contribution in [3.05, 3.63) is 61.0 Å². The van der Waals surface area contributed by atoms with Gasteiger partial charge in [0.05, 0.1) is 11.1 Å². The Hall–Kier alpha value is -1.88. The third-order valence-corrected chi connectivity index (χ3v) is 5.55. The number of aromatic nitrogens is 1. The van der Waals surface area contributed by atoms with E-state index in [0.717, 1.165) is 39.9 Å². The van der Waals surface area contributed by atoms with Crippen LogP contribution in [0, 0.1) is 19.8 Å². The van der Waals surface area contributed by atoms with Gasteiger partial charge in [0, 0.05) is 23.2 Å². The van der Waals surface area contributed by atoms with Crippen molar-refractivity contribution in [1.29, 1.82) is 0 Å². The van der Waals surface area contributed by atoms with Crippen molar-refractivity contribution >= 4 is 21.7 Å². The quantitative estimate of drug-likeness (QED) is 0.743. The lowest BCUT2D eigenvalue weighted by Crippen LogP contribution is -2.17. The third-order valence-electron chi connectivity index (χ3n) is 4.96. The summed E-state index contributed by atoms with van der Waals surface area (Å²) in [5.74, 6) is 1.41. The van der Waals surface area contributed by atoms with Gasteiger partial charge in [0.2, 0.25) is 0 Å². The number of carbonyl (C=O) groups is 1. The van der Waals surface area contributed by atoms with Gasteiger partial charge in [-0.3, -0.25) is 9.59 Å². The van der Waals surface area contributed by atoms with E-state index in [1.54, 1.807) is 0 Å². The number of ether oxygens (including phenoxy) is 1. The van der Waals surface area contributed by atoms with Crippen LogP contribution in [0.5, 0.6) is 5.75 Å². The molecule has 0 fully saturated rings. The van der Waals surface area contributed by atoms with E-state index in [1.807, 2.05) is 32.0 Å². The molecular weight excluding hydrogens is 394 g/mol. The second-order valence-corrected chi connectivity index (χ2v) is 8.12. The molecule has 0 amide bonds. The predicted molar refractivity (Wildman–Crippen MR) is 106 cm³/mol. The number of carbonyl (C=O) groups excluding carboxylic acids is 1. The molecule has 4 nitrogen and oxygen atoms in total. The molecule has 26 heavy (non-hydrogen) atoms. The average Bonchev–Trinajstić information content (AvgIpc) is 2.76. The van der Waals surface area contributed by atoms with Crippen LogP contribution in [0.25, 0.3) is 0 Å². The largest absolute Gasteiger partial charge is 0.492 e. The number of aromatic amines is 1. The van der Waals surface area contributed by atoms with Gasteiger partial charge in [-0.2, -0.15) is 0 Å². The topological polar surface area (TPSA) is 59.2 Å². The Balaban J connectivity index is 1.79. The molecule has 1 aliphatic heterocycles. The summed E-state index contributed by atoms with van der Waals surface area (Å²) in [5, 5.41) is 0. The summed E-state index contributed by atoms with van der Waals surface area (Å²) < 4.78 is 6.72. The van der Waals surface area contributed by atoms with Gasteiger partial charge in [0.25, 0.3) is 5.56 Å². The molecule has 1 aromatic heterocycles. The van der Waals surface area contributed by atoms with Crippen LogP contribution >= 0.6 is 15.9 Å². The molecule has 0 saturated carbocycles. The van der Waals surface area contributed by atoms with Crippen LogP contribution in [-0.2, 0) is 12.8 Å². The summed E-state index contributed by atoms with van der Waals surface area (Å²) in [7, 11) is 0. The van der Waals surface area contributed by atoms with Crippen LogP contribution in [0.2, 0.25) is 0 Å². The Morgan fingerprint density at radius 2 is 2.08 bits per heavy atom. The van der Waals surface area contributed by atoms with Gasteiger partial charge in [-0.1, -0.05) is 6.92 Å². The van der Waals surface area contributed by atoms with E-state index in [1.165, 1.54) is 0 Å². The van der Waals surface area contributed by atoms with Crippen molar-refractivity contribution in [2.24, 2.45) is 5.92 Å². The zero-order valence-corrected chi connectivity index (χ0v) is 17.0. The molecule has 0 bridgehead atoms. The monoisotopic (exact) mass is 417 g/mol. The van der Waals surface area contributed by atoms with E-state index in [4.69, 9.17) is 4.74 Å². The molecule has 2 heterocycles. The van der Waals surface area contributed by atoms with Crippen molar-refractivity contribution in [2.75, 3.05) is 6.61 Å². The Morgan fingerprint density at radius 1 is 1.31 bits per heavy atom. The van der Waals surface area contributed by atoms with Gasteiger partial charge in [0.1, 0.15) is 5.75 Å². The molecule has 1 atom stereocenters. The van der Waals surface area contributed by atoms with Crippen molar-refractivity contribution in [3.8, 4) is 5.75 Å². The highest BCUT2D eigenvalue weighted by molar-refractivity contribution is 9.10. The highest BCUT2D eigenvalue weighted by atomic mass is 79.9. The minimum absolute atomic E-state index is 0.0465. The summed E-state index contributed by atoms with van der Waals surface area (Å²) >= 11 is 3.55. The minimum atomic E-state index is -0.0965. The Morgan fingerprint density at radius 3 is 2.81 bits per heavy atom. The number of nitrogens with one attached hydrogen (secondary N) is 1. The van der Waals surface area contributed by atoms with Crippen molar-refractivity contribution in [3.63, 3.8) is 0 Å². The normalized spacial score (nSPS) is 16.5. The number of pyridine rings is 1. The predicted octanol–water partition coefficient (Wildman–Crippen LogP) is 4.53. The van der Waals surface area contributed by atoms with E-state index in [9.17, 15) is 9.59 Å². The van der Waals surface area contributed by atoms with Crippen molar-refractivity contribution in [1.82, 2.24) is 4.98 Å².